The van der Waals surface area contributed by atoms with Gasteiger partial charge in [-0.05, 0) is 66.6 Å². The number of nitrogens with zero attached hydrogens (tertiary/aromatic N) is 3. The first-order valence-electron chi connectivity index (χ1n) is 9.40. The molecular weight excluding hydrogens is 370 g/mol. The van der Waals surface area contributed by atoms with E-state index in [0.717, 1.165) is 34.5 Å². The third-order valence-electron chi connectivity index (χ3n) is 4.66. The molecular formula is C23H20F2N4. The van der Waals surface area contributed by atoms with Gasteiger partial charge in [-0.1, -0.05) is 12.1 Å². The van der Waals surface area contributed by atoms with E-state index in [-0.39, 0.29) is 11.6 Å². The third kappa shape index (κ3) is 4.32. The highest BCUT2D eigenvalue weighted by Gasteiger charge is 2.14. The number of pyridine rings is 1. The molecule has 0 fully saturated rings. The molecule has 1 N–H and O–H groups in total. The Morgan fingerprint density at radius 3 is 2.28 bits per heavy atom. The molecule has 146 valence electrons. The van der Waals surface area contributed by atoms with Crippen molar-refractivity contribution in [2.45, 2.75) is 20.0 Å². The quantitative estimate of drug-likeness (QED) is 0.471. The second-order valence-electron chi connectivity index (χ2n) is 6.66. The Kier molecular flexibility index (Phi) is 5.33. The zero-order valence-corrected chi connectivity index (χ0v) is 15.9. The second kappa shape index (κ2) is 8.22. The molecule has 0 amide bonds. The van der Waals surface area contributed by atoms with Crippen LogP contribution in [0, 0.1) is 11.6 Å². The minimum Gasteiger partial charge on any atom is -0.366 e. The van der Waals surface area contributed by atoms with Gasteiger partial charge in [0.05, 0.1) is 0 Å². The van der Waals surface area contributed by atoms with Crippen LogP contribution in [0.25, 0.3) is 22.4 Å². The van der Waals surface area contributed by atoms with Gasteiger partial charge < -0.3 is 5.32 Å². The van der Waals surface area contributed by atoms with Crippen LogP contribution < -0.4 is 5.32 Å². The summed E-state index contributed by atoms with van der Waals surface area (Å²) in [6, 6.07) is 16.6. The van der Waals surface area contributed by atoms with Crippen LogP contribution in [0.4, 0.5) is 14.6 Å². The molecule has 0 aliphatic heterocycles. The number of nitrogens with one attached hydrogen (secondary N) is 1. The Hall–Kier alpha value is -3.54. The zero-order chi connectivity index (χ0) is 20.2. The highest BCUT2D eigenvalue weighted by atomic mass is 19.1. The van der Waals surface area contributed by atoms with E-state index in [9.17, 15) is 8.78 Å². The minimum absolute atomic E-state index is 0.255. The first-order chi connectivity index (χ1) is 14.1. The van der Waals surface area contributed by atoms with E-state index < -0.39 is 0 Å². The number of aryl methyl sites for hydroxylation is 1. The van der Waals surface area contributed by atoms with Gasteiger partial charge in [0.25, 0.3) is 0 Å². The molecule has 0 aliphatic carbocycles. The summed E-state index contributed by atoms with van der Waals surface area (Å²) in [4.78, 5) is 4.38. The summed E-state index contributed by atoms with van der Waals surface area (Å²) >= 11 is 0. The molecule has 0 saturated carbocycles. The molecule has 2 aromatic carbocycles. The van der Waals surface area contributed by atoms with Crippen molar-refractivity contribution < 1.29 is 8.78 Å². The van der Waals surface area contributed by atoms with Gasteiger partial charge in [0.1, 0.15) is 23.1 Å². The maximum atomic E-state index is 13.3. The summed E-state index contributed by atoms with van der Waals surface area (Å²) in [6.07, 6.45) is 3.72. The van der Waals surface area contributed by atoms with Gasteiger partial charge in [0.15, 0.2) is 0 Å². The van der Waals surface area contributed by atoms with E-state index in [2.05, 4.69) is 15.4 Å². The third-order valence-corrected chi connectivity index (χ3v) is 4.66. The van der Waals surface area contributed by atoms with Crippen LogP contribution in [-0.4, -0.2) is 14.8 Å². The van der Waals surface area contributed by atoms with Crippen molar-refractivity contribution in [3.05, 3.63) is 90.3 Å². The number of halogens is 2. The summed E-state index contributed by atoms with van der Waals surface area (Å²) in [6.45, 7) is 3.29. The zero-order valence-electron chi connectivity index (χ0n) is 15.9. The lowest BCUT2D eigenvalue weighted by atomic mass is 10.0. The molecule has 0 saturated heterocycles. The second-order valence-corrected chi connectivity index (χ2v) is 6.66. The minimum atomic E-state index is -0.276. The van der Waals surface area contributed by atoms with Crippen LogP contribution in [0.2, 0.25) is 0 Å². The fourth-order valence-electron chi connectivity index (χ4n) is 3.11. The normalized spacial score (nSPS) is 10.9. The summed E-state index contributed by atoms with van der Waals surface area (Å²) in [5.41, 5.74) is 4.52. The Balaban J connectivity index is 1.63. The molecule has 29 heavy (non-hydrogen) atoms. The van der Waals surface area contributed by atoms with E-state index in [0.29, 0.717) is 12.4 Å². The molecule has 0 spiro atoms. The number of rotatable bonds is 6. The van der Waals surface area contributed by atoms with Crippen molar-refractivity contribution in [1.29, 1.82) is 0 Å². The van der Waals surface area contributed by atoms with Crippen molar-refractivity contribution in [1.82, 2.24) is 14.8 Å². The van der Waals surface area contributed by atoms with Crippen molar-refractivity contribution in [3.8, 4) is 22.4 Å². The van der Waals surface area contributed by atoms with Gasteiger partial charge in [-0.2, -0.15) is 5.10 Å². The number of benzene rings is 2. The van der Waals surface area contributed by atoms with Crippen LogP contribution in [-0.2, 0) is 13.1 Å². The number of anilines is 1. The highest BCUT2D eigenvalue weighted by Crippen LogP contribution is 2.32. The molecule has 2 heterocycles. The van der Waals surface area contributed by atoms with E-state index >= 15 is 0 Å². The Bertz CT molecular complexity index is 1100. The smallest absolute Gasteiger partial charge is 0.126 e. The van der Waals surface area contributed by atoms with Crippen molar-refractivity contribution >= 4 is 5.82 Å². The molecule has 4 nitrogen and oxygen atoms in total. The summed E-state index contributed by atoms with van der Waals surface area (Å²) < 4.78 is 28.3. The predicted octanol–water partition coefficient (Wildman–Crippen LogP) is 5.52. The molecule has 2 aromatic heterocycles. The monoisotopic (exact) mass is 390 g/mol. The predicted molar refractivity (Wildman–Crippen MR) is 110 cm³/mol. The molecule has 0 atom stereocenters. The van der Waals surface area contributed by atoms with Gasteiger partial charge in [-0.25, -0.2) is 13.8 Å². The first-order valence-corrected chi connectivity index (χ1v) is 9.40. The fraction of sp³-hybridized carbons (Fsp3) is 0.130. The highest BCUT2D eigenvalue weighted by molar-refractivity contribution is 5.81. The molecule has 0 radical (unpaired) electrons. The van der Waals surface area contributed by atoms with E-state index in [1.807, 2.05) is 29.9 Å². The van der Waals surface area contributed by atoms with Gasteiger partial charge in [0, 0.05) is 36.6 Å². The fourth-order valence-corrected chi connectivity index (χ4v) is 3.11. The lowest BCUT2D eigenvalue weighted by Crippen LogP contribution is -2.01. The summed E-state index contributed by atoms with van der Waals surface area (Å²) in [5.74, 6) is 0.178. The Morgan fingerprint density at radius 1 is 0.897 bits per heavy atom. The lowest BCUT2D eigenvalue weighted by Gasteiger charge is -2.08. The van der Waals surface area contributed by atoms with Crippen LogP contribution >= 0.6 is 0 Å². The Morgan fingerprint density at radius 2 is 1.59 bits per heavy atom. The molecule has 4 aromatic rings. The van der Waals surface area contributed by atoms with Crippen molar-refractivity contribution in [2.24, 2.45) is 0 Å². The SMILES string of the molecule is CCn1cc(-c2ccnc(NCc3ccc(F)cc3)c2)c(-c2ccc(F)cc2)n1. The summed E-state index contributed by atoms with van der Waals surface area (Å²) in [5, 5.41) is 7.92. The average molecular weight is 390 g/mol. The van der Waals surface area contributed by atoms with Gasteiger partial charge in [-0.15, -0.1) is 0 Å². The average Bonchev–Trinajstić information content (AvgIpc) is 3.19. The van der Waals surface area contributed by atoms with Crippen molar-refractivity contribution in [2.75, 3.05) is 5.32 Å². The van der Waals surface area contributed by atoms with Gasteiger partial charge in [0.2, 0.25) is 0 Å². The molecule has 6 heteroatoms. The van der Waals surface area contributed by atoms with Crippen molar-refractivity contribution in [3.63, 3.8) is 0 Å². The van der Waals surface area contributed by atoms with E-state index in [4.69, 9.17) is 0 Å². The number of hydrogen-bond acceptors (Lipinski definition) is 3. The number of aromatic nitrogens is 3. The van der Waals surface area contributed by atoms with Crippen LogP contribution in [0.1, 0.15) is 12.5 Å². The topological polar surface area (TPSA) is 42.7 Å². The van der Waals surface area contributed by atoms with Crippen LogP contribution in [0.15, 0.2) is 73.1 Å². The molecule has 4 rings (SSSR count). The number of hydrogen-bond donors (Lipinski definition) is 1. The Labute approximate surface area is 167 Å². The first kappa shape index (κ1) is 18.8. The molecule has 0 bridgehead atoms. The largest absolute Gasteiger partial charge is 0.366 e. The molecule has 0 aliphatic rings. The summed E-state index contributed by atoms with van der Waals surface area (Å²) in [7, 11) is 0. The van der Waals surface area contributed by atoms with Crippen LogP contribution in [0.5, 0.6) is 0 Å². The lowest BCUT2D eigenvalue weighted by molar-refractivity contribution is 0.627. The van der Waals surface area contributed by atoms with Crippen LogP contribution in [0.3, 0.4) is 0 Å². The maximum absolute atomic E-state index is 13.3. The van der Waals surface area contributed by atoms with Gasteiger partial charge >= 0.3 is 0 Å². The van der Waals surface area contributed by atoms with Gasteiger partial charge in [-0.3, -0.25) is 4.68 Å². The van der Waals surface area contributed by atoms with E-state index in [1.54, 1.807) is 30.5 Å². The van der Waals surface area contributed by atoms with E-state index in [1.165, 1.54) is 24.3 Å². The molecule has 0 unspecified atom stereocenters. The standard InChI is InChI=1S/C23H20F2N4/c1-2-29-15-21(23(28-29)17-5-9-20(25)10-6-17)18-11-12-26-22(13-18)27-14-16-3-7-19(24)8-4-16/h3-13,15H,2,14H2,1H3,(H,26,27). The maximum Gasteiger partial charge on any atom is 0.126 e.